The molecule has 0 saturated carbocycles. The number of rotatable bonds is 10. The molecule has 0 saturated heterocycles. The Morgan fingerprint density at radius 3 is 1.38 bits per heavy atom. The highest BCUT2D eigenvalue weighted by Gasteiger charge is 2.40. The summed E-state index contributed by atoms with van der Waals surface area (Å²) in [7, 11) is -2.17. The van der Waals surface area contributed by atoms with E-state index in [1.54, 1.807) is 0 Å². The number of hydrogen-bond acceptors (Lipinski definition) is 2. The molecule has 3 heteroatoms. The number of anilines is 6. The molecule has 9 aromatic carbocycles. The van der Waals surface area contributed by atoms with E-state index in [0.29, 0.717) is 5.92 Å². The number of para-hydroxylation sites is 1. The monoisotopic (exact) mass is 850 g/mol. The van der Waals surface area contributed by atoms with E-state index in [1.807, 2.05) is 0 Å². The largest absolute Gasteiger partial charge is 0.311 e. The maximum Gasteiger partial charge on any atom is 0.114 e. The van der Waals surface area contributed by atoms with Crippen molar-refractivity contribution in [1.82, 2.24) is 0 Å². The van der Waals surface area contributed by atoms with Crippen molar-refractivity contribution in [1.29, 1.82) is 0 Å². The van der Waals surface area contributed by atoms with Crippen LogP contribution in [0.1, 0.15) is 17.9 Å². The highest BCUT2D eigenvalue weighted by molar-refractivity contribution is 7.04. The maximum atomic E-state index is 2.52. The molecule has 1 heterocycles. The Hall–Kier alpha value is -7.72. The van der Waals surface area contributed by atoms with Gasteiger partial charge in [0.15, 0.2) is 0 Å². The summed E-state index contributed by atoms with van der Waals surface area (Å²) in [5.41, 5.74) is 18.2. The number of nitrogens with zero attached hydrogens (tertiary/aromatic N) is 2. The average molecular weight is 851 g/mol. The van der Waals surface area contributed by atoms with Gasteiger partial charge in [0.05, 0.1) is 5.69 Å². The predicted molar refractivity (Wildman–Crippen MR) is 280 cm³/mol. The van der Waals surface area contributed by atoms with Crippen molar-refractivity contribution in [2.45, 2.75) is 25.4 Å². The first-order chi connectivity index (χ1) is 32.0. The molecule has 1 aliphatic carbocycles. The van der Waals surface area contributed by atoms with Crippen molar-refractivity contribution in [2.24, 2.45) is 0 Å². The van der Waals surface area contributed by atoms with Gasteiger partial charge >= 0.3 is 0 Å². The molecule has 1 unspecified atom stereocenters. The Labute approximate surface area is 384 Å². The molecular weight excluding hydrogens is 801 g/mol. The van der Waals surface area contributed by atoms with Crippen LogP contribution in [0.5, 0.6) is 0 Å². The number of benzene rings is 9. The Morgan fingerprint density at radius 1 is 0.385 bits per heavy atom. The van der Waals surface area contributed by atoms with Gasteiger partial charge in [-0.3, -0.25) is 0 Å². The van der Waals surface area contributed by atoms with Gasteiger partial charge < -0.3 is 9.80 Å². The Kier molecular flexibility index (Phi) is 10.5. The zero-order valence-electron chi connectivity index (χ0n) is 36.9. The van der Waals surface area contributed by atoms with Crippen molar-refractivity contribution in [3.8, 4) is 44.5 Å². The summed E-state index contributed by atoms with van der Waals surface area (Å²) in [5, 5.41) is 2.93. The summed E-state index contributed by atoms with van der Waals surface area (Å²) in [6.45, 7) is 5.05. The van der Waals surface area contributed by atoms with E-state index in [4.69, 9.17) is 0 Å². The lowest BCUT2D eigenvalue weighted by Gasteiger charge is -2.29. The third-order valence-corrected chi connectivity index (χ3v) is 16.9. The lowest BCUT2D eigenvalue weighted by atomic mass is 9.92. The van der Waals surface area contributed by atoms with Crippen molar-refractivity contribution in [3.63, 3.8) is 0 Å². The zero-order chi connectivity index (χ0) is 43.7. The first-order valence-electron chi connectivity index (χ1n) is 22.8. The maximum absolute atomic E-state index is 2.52. The van der Waals surface area contributed by atoms with Crippen LogP contribution in [0.4, 0.5) is 34.1 Å². The SMILES string of the molecule is C[Si]1(C)c2cc(N(c3ccccc3)c3ccc(-c4ccc(-c5ccccc5)cc4)cc3)ccc2-c2c(N(c3ccc(-c4ccccc4)cc3)c3ccc(C4C=CC=CC4)cc3)cccc21. The summed E-state index contributed by atoms with van der Waals surface area (Å²) < 4.78 is 0. The van der Waals surface area contributed by atoms with Gasteiger partial charge in [0.1, 0.15) is 8.07 Å². The predicted octanol–water partition coefficient (Wildman–Crippen LogP) is 16.0. The Bertz CT molecular complexity index is 3150. The molecule has 1 aliphatic heterocycles. The smallest absolute Gasteiger partial charge is 0.114 e. The van der Waals surface area contributed by atoms with Gasteiger partial charge in [0, 0.05) is 39.9 Å². The molecule has 0 bridgehead atoms. The second-order valence-corrected chi connectivity index (χ2v) is 22.0. The summed E-state index contributed by atoms with van der Waals surface area (Å²) in [6, 6.07) is 82.6. The first-order valence-corrected chi connectivity index (χ1v) is 25.8. The summed E-state index contributed by atoms with van der Waals surface area (Å²) in [4.78, 5) is 4.89. The fourth-order valence-electron chi connectivity index (χ4n) is 9.95. The third kappa shape index (κ3) is 7.64. The molecule has 0 aromatic heterocycles. The van der Waals surface area contributed by atoms with Gasteiger partial charge in [-0.15, -0.1) is 0 Å². The first kappa shape index (κ1) is 40.1. The van der Waals surface area contributed by atoms with Crippen molar-refractivity contribution < 1.29 is 0 Å². The van der Waals surface area contributed by atoms with Crippen LogP contribution < -0.4 is 20.2 Å². The molecule has 0 radical (unpaired) electrons. The van der Waals surface area contributed by atoms with Gasteiger partial charge in [0.2, 0.25) is 0 Å². The second-order valence-electron chi connectivity index (χ2n) is 17.7. The van der Waals surface area contributed by atoms with E-state index in [0.717, 1.165) is 29.2 Å². The van der Waals surface area contributed by atoms with Gasteiger partial charge in [0.25, 0.3) is 0 Å². The van der Waals surface area contributed by atoms with Crippen LogP contribution in [0.3, 0.4) is 0 Å². The van der Waals surface area contributed by atoms with Gasteiger partial charge in [-0.05, 0) is 128 Å². The summed E-state index contributed by atoms with van der Waals surface area (Å²) >= 11 is 0. The Morgan fingerprint density at radius 2 is 0.846 bits per heavy atom. The van der Waals surface area contributed by atoms with E-state index in [9.17, 15) is 0 Å². The van der Waals surface area contributed by atoms with Crippen LogP contribution in [0, 0.1) is 0 Å². The van der Waals surface area contributed by atoms with Crippen molar-refractivity contribution in [3.05, 3.63) is 254 Å². The molecule has 312 valence electrons. The molecule has 65 heavy (non-hydrogen) atoms. The number of allylic oxidation sites excluding steroid dienone is 4. The minimum absolute atomic E-state index is 0.396. The number of fused-ring (bicyclic) bond motifs is 3. The zero-order valence-corrected chi connectivity index (χ0v) is 37.9. The van der Waals surface area contributed by atoms with E-state index in [2.05, 4.69) is 272 Å². The number of hydrogen-bond donors (Lipinski definition) is 0. The van der Waals surface area contributed by atoms with E-state index >= 15 is 0 Å². The van der Waals surface area contributed by atoms with E-state index in [-0.39, 0.29) is 0 Å². The fourth-order valence-corrected chi connectivity index (χ4v) is 13.0. The van der Waals surface area contributed by atoms with Crippen LogP contribution in [-0.2, 0) is 0 Å². The highest BCUT2D eigenvalue weighted by atomic mass is 28.3. The normalized spacial score (nSPS) is 14.4. The van der Waals surface area contributed by atoms with Crippen LogP contribution in [0.15, 0.2) is 249 Å². The fraction of sp³-hybridized carbons (Fsp3) is 0.0645. The van der Waals surface area contributed by atoms with E-state index < -0.39 is 8.07 Å². The molecule has 0 amide bonds. The lowest BCUT2D eigenvalue weighted by molar-refractivity contribution is 0.854. The Balaban J connectivity index is 0.983. The molecule has 1 atom stereocenters. The van der Waals surface area contributed by atoms with Gasteiger partial charge in [-0.25, -0.2) is 0 Å². The molecule has 0 fully saturated rings. The summed E-state index contributed by atoms with van der Waals surface area (Å²) in [5.74, 6) is 0.396. The van der Waals surface area contributed by atoms with Gasteiger partial charge in [-0.1, -0.05) is 195 Å². The summed E-state index contributed by atoms with van der Waals surface area (Å²) in [6.07, 6.45) is 9.94. The molecule has 2 nitrogen and oxygen atoms in total. The van der Waals surface area contributed by atoms with Crippen LogP contribution in [0.25, 0.3) is 44.5 Å². The molecule has 9 aromatic rings. The molecule has 2 aliphatic rings. The second kappa shape index (κ2) is 17.1. The van der Waals surface area contributed by atoms with Crippen LogP contribution >= 0.6 is 0 Å². The van der Waals surface area contributed by atoms with Crippen LogP contribution in [0.2, 0.25) is 13.1 Å². The minimum Gasteiger partial charge on any atom is -0.311 e. The topological polar surface area (TPSA) is 6.48 Å². The van der Waals surface area contributed by atoms with Gasteiger partial charge in [-0.2, -0.15) is 0 Å². The van der Waals surface area contributed by atoms with E-state index in [1.165, 1.54) is 71.8 Å². The molecule has 0 N–H and O–H groups in total. The highest BCUT2D eigenvalue weighted by Crippen LogP contribution is 2.45. The van der Waals surface area contributed by atoms with Crippen molar-refractivity contribution >= 4 is 52.6 Å². The molecule has 11 rings (SSSR count). The molecular formula is C62H50N2Si. The molecule has 0 spiro atoms. The lowest BCUT2D eigenvalue weighted by Crippen LogP contribution is -2.49. The van der Waals surface area contributed by atoms with Crippen LogP contribution in [-0.4, -0.2) is 8.07 Å². The average Bonchev–Trinajstić information content (AvgIpc) is 3.61. The minimum atomic E-state index is -2.17. The quantitative estimate of drug-likeness (QED) is 0.127. The third-order valence-electron chi connectivity index (χ3n) is 13.4. The van der Waals surface area contributed by atoms with Crippen molar-refractivity contribution in [2.75, 3.05) is 9.80 Å². The standard InChI is InChI=1S/C62H50N2Si/c1-65(2)60-25-15-24-59(64(55-38-32-50(33-39-55)46-18-9-4-10-19-46)56-40-34-51(35-41-56)47-20-11-5-12-21-47)62(60)58-43-42-57(44-61(58)65)63(53-22-13-6-14-23-53)54-36-30-52(31-37-54)49-28-26-48(27-29-49)45-16-7-3-8-17-45/h3-20,22-44,47H,21H2,1-2H3.